The Labute approximate surface area is 110 Å². The molecule has 0 saturated carbocycles. The van der Waals surface area contributed by atoms with Crippen LogP contribution in [0.15, 0.2) is 18.3 Å². The molecule has 1 heterocycles. The molecule has 3 N–H and O–H groups in total. The average Bonchev–Trinajstić information content (AvgIpc) is 2.42. The van der Waals surface area contributed by atoms with Crippen molar-refractivity contribution in [3.05, 3.63) is 18.3 Å². The third-order valence-corrected chi connectivity index (χ3v) is 2.80. The number of nitrogens with zero attached hydrogens (tertiary/aromatic N) is 1. The molecule has 0 aliphatic heterocycles. The van der Waals surface area contributed by atoms with E-state index in [-0.39, 0.29) is 0 Å². The largest absolute Gasteiger partial charge is 0.490 e. The Hall–Kier alpha value is -1.29. The number of ether oxygens (including phenoxy) is 1. The number of hydrogen-bond acceptors (Lipinski definition) is 4. The zero-order chi connectivity index (χ0) is 13.2. The van der Waals surface area contributed by atoms with E-state index < -0.39 is 0 Å². The molecule has 1 aromatic heterocycles. The molecule has 1 rings (SSSR count). The first kappa shape index (κ1) is 14.8. The Morgan fingerprint density at radius 2 is 2.33 bits per heavy atom. The molecule has 1 unspecified atom stereocenters. The van der Waals surface area contributed by atoms with E-state index in [0.717, 1.165) is 50.5 Å². The number of nitrogens with one attached hydrogen (secondary N) is 1. The standard InChI is InChI=1S/C14H25N3O/c1-3-10-18-13-7-5-9-17-14(13)16-8-4-6-12(2)11-15/h5,7,9,12H,3-4,6,8,10-11,15H2,1-2H3,(H,16,17). The quantitative estimate of drug-likeness (QED) is 0.662. The van der Waals surface area contributed by atoms with Gasteiger partial charge in [0.15, 0.2) is 11.6 Å². The topological polar surface area (TPSA) is 60.2 Å². The fraction of sp³-hybridized carbons (Fsp3) is 0.643. The molecule has 0 aliphatic rings. The minimum Gasteiger partial charge on any atom is -0.490 e. The number of rotatable bonds is 9. The molecule has 4 heteroatoms. The summed E-state index contributed by atoms with van der Waals surface area (Å²) in [4.78, 5) is 4.31. The Balaban J connectivity index is 2.36. The van der Waals surface area contributed by atoms with Crippen molar-refractivity contribution in [3.63, 3.8) is 0 Å². The summed E-state index contributed by atoms with van der Waals surface area (Å²) in [5.74, 6) is 2.27. The number of nitrogens with two attached hydrogens (primary N) is 1. The van der Waals surface area contributed by atoms with E-state index in [1.807, 2.05) is 12.1 Å². The number of anilines is 1. The summed E-state index contributed by atoms with van der Waals surface area (Å²) in [5.41, 5.74) is 5.59. The molecular weight excluding hydrogens is 226 g/mol. The molecule has 0 aliphatic carbocycles. The van der Waals surface area contributed by atoms with E-state index >= 15 is 0 Å². The maximum atomic E-state index is 5.64. The van der Waals surface area contributed by atoms with Gasteiger partial charge in [0.05, 0.1) is 6.61 Å². The molecule has 1 atom stereocenters. The SMILES string of the molecule is CCCOc1cccnc1NCCCC(C)CN. The van der Waals surface area contributed by atoms with Gasteiger partial charge in [0, 0.05) is 12.7 Å². The van der Waals surface area contributed by atoms with Crippen molar-refractivity contribution < 1.29 is 4.74 Å². The molecule has 0 amide bonds. The van der Waals surface area contributed by atoms with Crippen LogP contribution in [-0.4, -0.2) is 24.7 Å². The van der Waals surface area contributed by atoms with E-state index in [1.54, 1.807) is 6.20 Å². The minimum absolute atomic E-state index is 0.589. The van der Waals surface area contributed by atoms with Crippen LogP contribution >= 0.6 is 0 Å². The monoisotopic (exact) mass is 251 g/mol. The van der Waals surface area contributed by atoms with Gasteiger partial charge in [0.25, 0.3) is 0 Å². The highest BCUT2D eigenvalue weighted by molar-refractivity contribution is 5.49. The van der Waals surface area contributed by atoms with Crippen molar-refractivity contribution in [3.8, 4) is 5.75 Å². The van der Waals surface area contributed by atoms with Crippen LogP contribution in [0, 0.1) is 5.92 Å². The van der Waals surface area contributed by atoms with E-state index in [9.17, 15) is 0 Å². The maximum absolute atomic E-state index is 5.64. The number of hydrogen-bond donors (Lipinski definition) is 2. The predicted molar refractivity (Wildman–Crippen MR) is 76.0 cm³/mol. The average molecular weight is 251 g/mol. The van der Waals surface area contributed by atoms with Crippen LogP contribution in [-0.2, 0) is 0 Å². The summed E-state index contributed by atoms with van der Waals surface area (Å²) in [6.07, 6.45) is 5.02. The van der Waals surface area contributed by atoms with Crippen molar-refractivity contribution in [2.24, 2.45) is 11.7 Å². The van der Waals surface area contributed by atoms with Crippen LogP contribution in [0.4, 0.5) is 5.82 Å². The molecule has 0 radical (unpaired) electrons. The van der Waals surface area contributed by atoms with Gasteiger partial charge >= 0.3 is 0 Å². The zero-order valence-electron chi connectivity index (χ0n) is 11.5. The summed E-state index contributed by atoms with van der Waals surface area (Å²) in [5, 5.41) is 3.32. The fourth-order valence-corrected chi connectivity index (χ4v) is 1.63. The van der Waals surface area contributed by atoms with Crippen LogP contribution in [0.3, 0.4) is 0 Å². The van der Waals surface area contributed by atoms with Gasteiger partial charge in [-0.25, -0.2) is 4.98 Å². The minimum atomic E-state index is 0.589. The molecule has 0 spiro atoms. The summed E-state index contributed by atoms with van der Waals surface area (Å²) >= 11 is 0. The second kappa shape index (κ2) is 8.75. The molecule has 0 aromatic carbocycles. The zero-order valence-corrected chi connectivity index (χ0v) is 11.5. The Bertz CT molecular complexity index is 331. The lowest BCUT2D eigenvalue weighted by atomic mass is 10.1. The maximum Gasteiger partial charge on any atom is 0.168 e. The van der Waals surface area contributed by atoms with Crippen molar-refractivity contribution in [1.82, 2.24) is 4.98 Å². The van der Waals surface area contributed by atoms with Crippen molar-refractivity contribution in [2.75, 3.05) is 25.0 Å². The second-order valence-corrected chi connectivity index (χ2v) is 4.61. The van der Waals surface area contributed by atoms with Crippen molar-refractivity contribution >= 4 is 5.82 Å². The first-order chi connectivity index (χ1) is 8.77. The predicted octanol–water partition coefficient (Wildman–Crippen LogP) is 2.66. The first-order valence-corrected chi connectivity index (χ1v) is 6.79. The van der Waals surface area contributed by atoms with E-state index in [4.69, 9.17) is 10.5 Å². The van der Waals surface area contributed by atoms with E-state index in [0.29, 0.717) is 5.92 Å². The molecular formula is C14H25N3O. The number of pyridine rings is 1. The van der Waals surface area contributed by atoms with Crippen molar-refractivity contribution in [2.45, 2.75) is 33.1 Å². The van der Waals surface area contributed by atoms with Crippen LogP contribution in [0.2, 0.25) is 0 Å². The number of aromatic nitrogens is 1. The van der Waals surface area contributed by atoms with Crippen LogP contribution in [0.5, 0.6) is 5.75 Å². The molecule has 0 saturated heterocycles. The highest BCUT2D eigenvalue weighted by Crippen LogP contribution is 2.21. The first-order valence-electron chi connectivity index (χ1n) is 6.79. The van der Waals surface area contributed by atoms with Crippen LogP contribution in [0.25, 0.3) is 0 Å². The van der Waals surface area contributed by atoms with Crippen LogP contribution in [0.1, 0.15) is 33.1 Å². The molecule has 1 aromatic rings. The molecule has 4 nitrogen and oxygen atoms in total. The Morgan fingerprint density at radius 1 is 1.50 bits per heavy atom. The molecule has 0 fully saturated rings. The Kier molecular flexibility index (Phi) is 7.18. The fourth-order valence-electron chi connectivity index (χ4n) is 1.63. The van der Waals surface area contributed by atoms with Crippen LogP contribution < -0.4 is 15.8 Å². The molecule has 18 heavy (non-hydrogen) atoms. The summed E-state index contributed by atoms with van der Waals surface area (Å²) in [6.45, 7) is 6.66. The van der Waals surface area contributed by atoms with Gasteiger partial charge in [-0.1, -0.05) is 13.8 Å². The van der Waals surface area contributed by atoms with Gasteiger partial charge in [-0.05, 0) is 43.9 Å². The lowest BCUT2D eigenvalue weighted by Gasteiger charge is -2.12. The molecule has 0 bridgehead atoms. The van der Waals surface area contributed by atoms with Gasteiger partial charge in [-0.3, -0.25) is 0 Å². The van der Waals surface area contributed by atoms with Gasteiger partial charge in [-0.2, -0.15) is 0 Å². The van der Waals surface area contributed by atoms with Gasteiger partial charge in [0.2, 0.25) is 0 Å². The normalized spacial score (nSPS) is 12.2. The van der Waals surface area contributed by atoms with E-state index in [2.05, 4.69) is 24.1 Å². The van der Waals surface area contributed by atoms with E-state index in [1.165, 1.54) is 0 Å². The lowest BCUT2D eigenvalue weighted by Crippen LogP contribution is -2.13. The highest BCUT2D eigenvalue weighted by Gasteiger charge is 2.04. The summed E-state index contributed by atoms with van der Waals surface area (Å²) in [7, 11) is 0. The summed E-state index contributed by atoms with van der Waals surface area (Å²) in [6, 6.07) is 3.85. The second-order valence-electron chi connectivity index (χ2n) is 4.61. The van der Waals surface area contributed by atoms with Gasteiger partial charge in [0.1, 0.15) is 0 Å². The molecule has 102 valence electrons. The highest BCUT2D eigenvalue weighted by atomic mass is 16.5. The Morgan fingerprint density at radius 3 is 3.06 bits per heavy atom. The summed E-state index contributed by atoms with van der Waals surface area (Å²) < 4.78 is 5.64. The smallest absolute Gasteiger partial charge is 0.168 e. The lowest BCUT2D eigenvalue weighted by molar-refractivity contribution is 0.317. The third kappa shape index (κ3) is 5.36. The van der Waals surface area contributed by atoms with Crippen molar-refractivity contribution in [1.29, 1.82) is 0 Å². The third-order valence-electron chi connectivity index (χ3n) is 2.80. The van der Waals surface area contributed by atoms with Gasteiger partial charge in [-0.15, -0.1) is 0 Å². The van der Waals surface area contributed by atoms with Gasteiger partial charge < -0.3 is 15.8 Å².